The molecule has 0 aliphatic carbocycles. The summed E-state index contributed by atoms with van der Waals surface area (Å²) in [4.78, 5) is 26.0. The lowest BCUT2D eigenvalue weighted by Gasteiger charge is -2.28. The summed E-state index contributed by atoms with van der Waals surface area (Å²) in [5, 5.41) is 2.98. The van der Waals surface area contributed by atoms with Gasteiger partial charge in [0.1, 0.15) is 0 Å². The van der Waals surface area contributed by atoms with E-state index in [1.54, 1.807) is 0 Å². The molecule has 1 N–H and O–H groups in total. The molecule has 4 heteroatoms. The SMILES string of the molecule is CCC(CC)C(=O)Nc1ccc(N2CCCCC2=O)c(C)c1. The zero-order valence-electron chi connectivity index (χ0n) is 13.8. The fourth-order valence-corrected chi connectivity index (χ4v) is 3.00. The maximum atomic E-state index is 12.1. The average Bonchev–Trinajstić information content (AvgIpc) is 2.50. The third-order valence-electron chi connectivity index (χ3n) is 4.43. The predicted molar refractivity (Wildman–Crippen MR) is 90.1 cm³/mol. The first-order chi connectivity index (χ1) is 10.6. The Bertz CT molecular complexity index is 550. The molecule has 0 atom stereocenters. The molecule has 0 bridgehead atoms. The zero-order chi connectivity index (χ0) is 16.1. The predicted octanol–water partition coefficient (Wildman–Crippen LogP) is 3.89. The summed E-state index contributed by atoms with van der Waals surface area (Å²) in [5.41, 5.74) is 2.80. The van der Waals surface area contributed by atoms with E-state index >= 15 is 0 Å². The van der Waals surface area contributed by atoms with Crippen LogP contribution in [0, 0.1) is 12.8 Å². The Balaban J connectivity index is 2.12. The van der Waals surface area contributed by atoms with E-state index in [1.807, 2.05) is 43.9 Å². The van der Waals surface area contributed by atoms with Gasteiger partial charge in [0.05, 0.1) is 0 Å². The van der Waals surface area contributed by atoms with Gasteiger partial charge in [-0.2, -0.15) is 0 Å². The number of carbonyl (C=O) groups is 2. The van der Waals surface area contributed by atoms with Crippen molar-refractivity contribution in [2.24, 2.45) is 5.92 Å². The molecule has 0 unspecified atom stereocenters. The second-order valence-corrected chi connectivity index (χ2v) is 6.01. The number of aryl methyl sites for hydroxylation is 1. The molecule has 22 heavy (non-hydrogen) atoms. The quantitative estimate of drug-likeness (QED) is 0.897. The number of hydrogen-bond donors (Lipinski definition) is 1. The van der Waals surface area contributed by atoms with Gasteiger partial charge in [0.15, 0.2) is 0 Å². The Morgan fingerprint density at radius 2 is 2.00 bits per heavy atom. The molecule has 1 fully saturated rings. The highest BCUT2D eigenvalue weighted by molar-refractivity contribution is 5.96. The van der Waals surface area contributed by atoms with Crippen molar-refractivity contribution in [3.63, 3.8) is 0 Å². The highest BCUT2D eigenvalue weighted by Crippen LogP contribution is 2.27. The van der Waals surface area contributed by atoms with E-state index in [2.05, 4.69) is 5.32 Å². The van der Waals surface area contributed by atoms with Crippen molar-refractivity contribution in [2.45, 2.75) is 52.9 Å². The minimum Gasteiger partial charge on any atom is -0.326 e. The molecule has 1 aliphatic rings. The smallest absolute Gasteiger partial charge is 0.227 e. The molecule has 4 nitrogen and oxygen atoms in total. The van der Waals surface area contributed by atoms with Gasteiger partial charge in [-0.3, -0.25) is 9.59 Å². The number of carbonyl (C=O) groups excluding carboxylic acids is 2. The van der Waals surface area contributed by atoms with Crippen molar-refractivity contribution in [2.75, 3.05) is 16.8 Å². The van der Waals surface area contributed by atoms with Gasteiger partial charge >= 0.3 is 0 Å². The van der Waals surface area contributed by atoms with Crippen LogP contribution in [-0.4, -0.2) is 18.4 Å². The van der Waals surface area contributed by atoms with E-state index in [4.69, 9.17) is 0 Å². The molecule has 0 spiro atoms. The third kappa shape index (κ3) is 3.67. The van der Waals surface area contributed by atoms with Crippen molar-refractivity contribution in [1.29, 1.82) is 0 Å². The van der Waals surface area contributed by atoms with Gasteiger partial charge in [0, 0.05) is 30.3 Å². The first-order valence-corrected chi connectivity index (χ1v) is 8.28. The van der Waals surface area contributed by atoms with Gasteiger partial charge in [0.2, 0.25) is 11.8 Å². The summed E-state index contributed by atoms with van der Waals surface area (Å²) in [6.07, 6.45) is 4.37. The summed E-state index contributed by atoms with van der Waals surface area (Å²) in [6.45, 7) is 6.84. The summed E-state index contributed by atoms with van der Waals surface area (Å²) in [6, 6.07) is 5.79. The van der Waals surface area contributed by atoms with Gasteiger partial charge in [0.25, 0.3) is 0 Å². The molecule has 0 radical (unpaired) electrons. The molecule has 2 amide bonds. The molecular formula is C18H26N2O2. The van der Waals surface area contributed by atoms with Crippen LogP contribution in [0.25, 0.3) is 0 Å². The molecule has 1 saturated heterocycles. The fraction of sp³-hybridized carbons (Fsp3) is 0.556. The fourth-order valence-electron chi connectivity index (χ4n) is 3.00. The minimum atomic E-state index is 0.0589. The highest BCUT2D eigenvalue weighted by atomic mass is 16.2. The zero-order valence-corrected chi connectivity index (χ0v) is 13.8. The van der Waals surface area contributed by atoms with Gasteiger partial charge in [-0.05, 0) is 56.4 Å². The van der Waals surface area contributed by atoms with Crippen LogP contribution in [0.15, 0.2) is 18.2 Å². The lowest BCUT2D eigenvalue weighted by molar-refractivity contribution is -0.120. The Morgan fingerprint density at radius 1 is 1.27 bits per heavy atom. The van der Waals surface area contributed by atoms with E-state index in [9.17, 15) is 9.59 Å². The highest BCUT2D eigenvalue weighted by Gasteiger charge is 2.21. The van der Waals surface area contributed by atoms with Gasteiger partial charge in [-0.15, -0.1) is 0 Å². The first-order valence-electron chi connectivity index (χ1n) is 8.28. The Kier molecular flexibility index (Phi) is 5.58. The second kappa shape index (κ2) is 7.43. The topological polar surface area (TPSA) is 49.4 Å². The normalized spacial score (nSPS) is 15.3. The summed E-state index contributed by atoms with van der Waals surface area (Å²) in [5.74, 6) is 0.331. The van der Waals surface area contributed by atoms with Crippen molar-refractivity contribution < 1.29 is 9.59 Å². The van der Waals surface area contributed by atoms with E-state index in [0.717, 1.165) is 49.2 Å². The molecule has 1 aromatic carbocycles. The lowest BCUT2D eigenvalue weighted by atomic mass is 10.0. The van der Waals surface area contributed by atoms with Crippen LogP contribution in [0.4, 0.5) is 11.4 Å². The van der Waals surface area contributed by atoms with Crippen LogP contribution in [0.2, 0.25) is 0 Å². The molecule has 1 aromatic rings. The van der Waals surface area contributed by atoms with E-state index < -0.39 is 0 Å². The third-order valence-corrected chi connectivity index (χ3v) is 4.43. The largest absolute Gasteiger partial charge is 0.326 e. The van der Waals surface area contributed by atoms with Gasteiger partial charge in [-0.1, -0.05) is 13.8 Å². The van der Waals surface area contributed by atoms with E-state index in [-0.39, 0.29) is 17.7 Å². The maximum Gasteiger partial charge on any atom is 0.227 e. The van der Waals surface area contributed by atoms with Crippen molar-refractivity contribution in [3.05, 3.63) is 23.8 Å². The maximum absolute atomic E-state index is 12.1. The Labute approximate surface area is 132 Å². The number of nitrogens with zero attached hydrogens (tertiary/aromatic N) is 1. The van der Waals surface area contributed by atoms with Crippen LogP contribution >= 0.6 is 0 Å². The van der Waals surface area contributed by atoms with Crippen molar-refractivity contribution in [1.82, 2.24) is 0 Å². The summed E-state index contributed by atoms with van der Waals surface area (Å²) >= 11 is 0. The van der Waals surface area contributed by atoms with Crippen LogP contribution in [0.1, 0.15) is 51.5 Å². The number of amides is 2. The number of rotatable bonds is 5. The standard InChI is InChI=1S/C18H26N2O2/c1-4-14(5-2)18(22)19-15-9-10-16(13(3)12-15)20-11-7-6-8-17(20)21/h9-10,12,14H,4-8,11H2,1-3H3,(H,19,22). The number of benzene rings is 1. The summed E-state index contributed by atoms with van der Waals surface area (Å²) in [7, 11) is 0. The van der Waals surface area contributed by atoms with Crippen molar-refractivity contribution >= 4 is 23.2 Å². The monoisotopic (exact) mass is 302 g/mol. The summed E-state index contributed by atoms with van der Waals surface area (Å²) < 4.78 is 0. The Morgan fingerprint density at radius 3 is 2.59 bits per heavy atom. The van der Waals surface area contributed by atoms with Crippen LogP contribution in [-0.2, 0) is 9.59 Å². The molecule has 120 valence electrons. The number of hydrogen-bond acceptors (Lipinski definition) is 2. The lowest BCUT2D eigenvalue weighted by Crippen LogP contribution is -2.35. The first kappa shape index (κ1) is 16.5. The van der Waals surface area contributed by atoms with Crippen LogP contribution < -0.4 is 10.2 Å². The van der Waals surface area contributed by atoms with E-state index in [0.29, 0.717) is 6.42 Å². The number of anilines is 2. The Hall–Kier alpha value is -1.84. The van der Waals surface area contributed by atoms with E-state index in [1.165, 1.54) is 0 Å². The number of nitrogens with one attached hydrogen (secondary N) is 1. The van der Waals surface area contributed by atoms with Crippen molar-refractivity contribution in [3.8, 4) is 0 Å². The molecule has 1 heterocycles. The second-order valence-electron chi connectivity index (χ2n) is 6.01. The van der Waals surface area contributed by atoms with Crippen LogP contribution in [0.3, 0.4) is 0 Å². The molecule has 2 rings (SSSR count). The van der Waals surface area contributed by atoms with Gasteiger partial charge in [-0.25, -0.2) is 0 Å². The average molecular weight is 302 g/mol. The van der Waals surface area contributed by atoms with Crippen LogP contribution in [0.5, 0.6) is 0 Å². The molecule has 0 saturated carbocycles. The minimum absolute atomic E-state index is 0.0589. The molecule has 1 aliphatic heterocycles. The molecular weight excluding hydrogens is 276 g/mol. The number of piperidine rings is 1. The van der Waals surface area contributed by atoms with Gasteiger partial charge < -0.3 is 10.2 Å². The molecule has 0 aromatic heterocycles.